The monoisotopic (exact) mass is 308 g/mol. The maximum atomic E-state index is 5.88. The lowest BCUT2D eigenvalue weighted by molar-refractivity contribution is 0.426. The average molecular weight is 309 g/mol. The summed E-state index contributed by atoms with van der Waals surface area (Å²) < 4.78 is 7.06. The van der Waals surface area contributed by atoms with Gasteiger partial charge in [-0.1, -0.05) is 16.8 Å². The van der Waals surface area contributed by atoms with E-state index < -0.39 is 0 Å². The number of halogens is 1. The molecule has 0 aliphatic rings. The Bertz CT molecular complexity index is 717. The zero-order valence-electron chi connectivity index (χ0n) is 11.1. The third kappa shape index (κ3) is 2.76. The van der Waals surface area contributed by atoms with Crippen LogP contribution in [0.2, 0.25) is 5.02 Å². The molecule has 7 heteroatoms. The fourth-order valence-electron chi connectivity index (χ4n) is 1.90. The van der Waals surface area contributed by atoms with Crippen molar-refractivity contribution in [3.05, 3.63) is 39.6 Å². The molecule has 0 aliphatic carbocycles. The Kier molecular flexibility index (Phi) is 3.58. The highest BCUT2D eigenvalue weighted by Crippen LogP contribution is 2.25. The van der Waals surface area contributed by atoms with Crippen LogP contribution in [0.25, 0.3) is 11.5 Å². The van der Waals surface area contributed by atoms with Crippen LogP contribution in [0, 0.1) is 6.92 Å². The first kappa shape index (κ1) is 13.3. The summed E-state index contributed by atoms with van der Waals surface area (Å²) in [6.07, 6.45) is 4.26. The molecule has 3 aromatic heterocycles. The highest BCUT2D eigenvalue weighted by Gasteiger charge is 2.13. The van der Waals surface area contributed by atoms with Crippen molar-refractivity contribution in [2.75, 3.05) is 0 Å². The Morgan fingerprint density at radius 2 is 2.35 bits per heavy atom. The van der Waals surface area contributed by atoms with E-state index in [1.54, 1.807) is 17.5 Å². The maximum Gasteiger partial charge on any atom is 0.186 e. The smallest absolute Gasteiger partial charge is 0.186 e. The van der Waals surface area contributed by atoms with E-state index in [9.17, 15) is 0 Å². The van der Waals surface area contributed by atoms with Crippen LogP contribution in [0.5, 0.6) is 0 Å². The van der Waals surface area contributed by atoms with Crippen molar-refractivity contribution in [3.63, 3.8) is 0 Å². The Morgan fingerprint density at radius 3 is 3.00 bits per heavy atom. The third-order valence-corrected chi connectivity index (χ3v) is 3.99. The van der Waals surface area contributed by atoms with Crippen LogP contribution in [0.3, 0.4) is 0 Å². The lowest BCUT2D eigenvalue weighted by Crippen LogP contribution is -2.08. The predicted octanol–water partition coefficient (Wildman–Crippen LogP) is 3.76. The summed E-state index contributed by atoms with van der Waals surface area (Å²) >= 11 is 7.49. The van der Waals surface area contributed by atoms with Crippen molar-refractivity contribution in [1.29, 1.82) is 0 Å². The minimum absolute atomic E-state index is 0.206. The van der Waals surface area contributed by atoms with Gasteiger partial charge in [0.15, 0.2) is 5.76 Å². The van der Waals surface area contributed by atoms with E-state index >= 15 is 0 Å². The summed E-state index contributed by atoms with van der Waals surface area (Å²) in [5, 5.41) is 11.8. The van der Waals surface area contributed by atoms with Crippen molar-refractivity contribution in [2.24, 2.45) is 0 Å². The van der Waals surface area contributed by atoms with Crippen molar-refractivity contribution in [1.82, 2.24) is 19.9 Å². The van der Waals surface area contributed by atoms with Gasteiger partial charge in [0.25, 0.3) is 0 Å². The SMILES string of the molecule is Cc1cc(-c2csc(C[C@@H](C)n3cc(Cl)cn3)n2)on1. The second-order valence-corrected chi connectivity index (χ2v) is 6.03. The summed E-state index contributed by atoms with van der Waals surface area (Å²) in [5.41, 5.74) is 1.69. The van der Waals surface area contributed by atoms with Crippen molar-refractivity contribution in [2.45, 2.75) is 26.3 Å². The van der Waals surface area contributed by atoms with Crippen molar-refractivity contribution >= 4 is 22.9 Å². The van der Waals surface area contributed by atoms with Gasteiger partial charge < -0.3 is 4.52 Å². The van der Waals surface area contributed by atoms with Gasteiger partial charge in [0, 0.05) is 24.1 Å². The van der Waals surface area contributed by atoms with Crippen molar-refractivity contribution in [3.8, 4) is 11.5 Å². The molecule has 0 aromatic carbocycles. The van der Waals surface area contributed by atoms with E-state index in [4.69, 9.17) is 16.1 Å². The summed E-state index contributed by atoms with van der Waals surface area (Å²) in [4.78, 5) is 4.58. The predicted molar refractivity (Wildman–Crippen MR) is 78.0 cm³/mol. The zero-order chi connectivity index (χ0) is 14.1. The molecule has 1 atom stereocenters. The summed E-state index contributed by atoms with van der Waals surface area (Å²) in [6.45, 7) is 3.98. The Morgan fingerprint density at radius 1 is 1.50 bits per heavy atom. The van der Waals surface area contributed by atoms with Gasteiger partial charge in [-0.2, -0.15) is 5.10 Å². The molecule has 3 heterocycles. The van der Waals surface area contributed by atoms with E-state index in [0.29, 0.717) is 10.8 Å². The van der Waals surface area contributed by atoms with Crippen LogP contribution in [0.1, 0.15) is 23.7 Å². The Labute approximate surface area is 125 Å². The number of hydrogen-bond acceptors (Lipinski definition) is 5. The zero-order valence-corrected chi connectivity index (χ0v) is 12.6. The molecular weight excluding hydrogens is 296 g/mol. The molecule has 0 bridgehead atoms. The van der Waals surface area contributed by atoms with E-state index in [0.717, 1.165) is 22.8 Å². The van der Waals surface area contributed by atoms with Crippen LogP contribution < -0.4 is 0 Å². The molecule has 5 nitrogen and oxygen atoms in total. The van der Waals surface area contributed by atoms with Crippen LogP contribution in [0.4, 0.5) is 0 Å². The molecule has 20 heavy (non-hydrogen) atoms. The maximum absolute atomic E-state index is 5.88. The molecule has 0 spiro atoms. The van der Waals surface area contributed by atoms with E-state index in [1.807, 2.05) is 29.2 Å². The van der Waals surface area contributed by atoms with Crippen molar-refractivity contribution < 1.29 is 4.52 Å². The number of aryl methyl sites for hydroxylation is 1. The number of hydrogen-bond donors (Lipinski definition) is 0. The van der Waals surface area contributed by atoms with E-state index in [-0.39, 0.29) is 6.04 Å². The van der Waals surface area contributed by atoms with Gasteiger partial charge in [-0.3, -0.25) is 4.68 Å². The summed E-state index contributed by atoms with van der Waals surface area (Å²) in [5.74, 6) is 0.708. The lowest BCUT2D eigenvalue weighted by Gasteiger charge is -2.09. The molecule has 0 radical (unpaired) electrons. The van der Waals surface area contributed by atoms with Gasteiger partial charge in [0.05, 0.1) is 28.0 Å². The van der Waals surface area contributed by atoms with Crippen LogP contribution in [-0.2, 0) is 6.42 Å². The molecular formula is C13H13ClN4OS. The first-order valence-electron chi connectivity index (χ1n) is 6.19. The average Bonchev–Trinajstić information content (AvgIpc) is 3.10. The molecule has 0 aliphatic heterocycles. The first-order valence-corrected chi connectivity index (χ1v) is 7.45. The van der Waals surface area contributed by atoms with E-state index in [1.165, 1.54) is 0 Å². The number of nitrogens with zero attached hydrogens (tertiary/aromatic N) is 4. The van der Waals surface area contributed by atoms with Gasteiger partial charge >= 0.3 is 0 Å². The molecule has 0 unspecified atom stereocenters. The minimum atomic E-state index is 0.206. The fraction of sp³-hybridized carbons (Fsp3) is 0.308. The van der Waals surface area contributed by atoms with E-state index in [2.05, 4.69) is 22.2 Å². The second-order valence-electron chi connectivity index (χ2n) is 4.65. The summed E-state index contributed by atoms with van der Waals surface area (Å²) in [6, 6.07) is 2.09. The highest BCUT2D eigenvalue weighted by molar-refractivity contribution is 7.09. The highest BCUT2D eigenvalue weighted by atomic mass is 35.5. The molecule has 0 amide bonds. The lowest BCUT2D eigenvalue weighted by atomic mass is 10.2. The van der Waals surface area contributed by atoms with Gasteiger partial charge in [0.2, 0.25) is 0 Å². The Hall–Kier alpha value is -1.66. The van der Waals surface area contributed by atoms with Gasteiger partial charge in [-0.05, 0) is 13.8 Å². The van der Waals surface area contributed by atoms with Gasteiger partial charge in [0.1, 0.15) is 5.69 Å². The number of aromatic nitrogens is 4. The van der Waals surface area contributed by atoms with Gasteiger partial charge in [-0.15, -0.1) is 11.3 Å². The van der Waals surface area contributed by atoms with Crippen LogP contribution in [0.15, 0.2) is 28.4 Å². The molecule has 3 aromatic rings. The standard InChI is InChI=1S/C13H13ClN4OS/c1-8-3-12(19-17-8)11-7-20-13(16-11)4-9(2)18-6-10(14)5-15-18/h3,5-7,9H,4H2,1-2H3/t9-/m1/s1. The third-order valence-electron chi connectivity index (χ3n) is 2.92. The second kappa shape index (κ2) is 5.38. The molecule has 104 valence electrons. The minimum Gasteiger partial charge on any atom is -0.354 e. The van der Waals surface area contributed by atoms with Crippen LogP contribution >= 0.6 is 22.9 Å². The molecule has 0 saturated carbocycles. The van der Waals surface area contributed by atoms with Crippen LogP contribution in [-0.4, -0.2) is 19.9 Å². The fourth-order valence-corrected chi connectivity index (χ4v) is 2.95. The first-order chi connectivity index (χ1) is 9.61. The summed E-state index contributed by atoms with van der Waals surface area (Å²) in [7, 11) is 0. The Balaban J connectivity index is 1.74. The van der Waals surface area contributed by atoms with Gasteiger partial charge in [-0.25, -0.2) is 4.98 Å². The molecule has 0 fully saturated rings. The molecule has 0 saturated heterocycles. The normalized spacial score (nSPS) is 12.8. The quantitative estimate of drug-likeness (QED) is 0.736. The molecule has 0 N–H and O–H groups in total. The largest absolute Gasteiger partial charge is 0.354 e. The number of thiazole rings is 1. The molecule has 3 rings (SSSR count). The topological polar surface area (TPSA) is 56.7 Å². The number of rotatable bonds is 4.